The van der Waals surface area contributed by atoms with Crippen molar-refractivity contribution in [2.24, 2.45) is 0 Å². The molecule has 0 radical (unpaired) electrons. The van der Waals surface area contributed by atoms with Gasteiger partial charge >= 0.3 is 0 Å². The smallest absolute Gasteiger partial charge is 0.220 e. The van der Waals surface area contributed by atoms with Gasteiger partial charge in [0.1, 0.15) is 0 Å². The molecular weight excluding hydrogens is 416 g/mol. The predicted molar refractivity (Wildman–Crippen MR) is 123 cm³/mol. The Labute approximate surface area is 187 Å². The third kappa shape index (κ3) is 5.64. The van der Waals surface area contributed by atoms with Crippen LogP contribution in [0, 0.1) is 13.8 Å². The topological polar surface area (TPSA) is 59.8 Å². The molecule has 0 atom stereocenters. The van der Waals surface area contributed by atoms with Crippen molar-refractivity contribution in [1.29, 1.82) is 0 Å². The fourth-order valence-corrected chi connectivity index (χ4v) is 4.30. The summed E-state index contributed by atoms with van der Waals surface area (Å²) < 4.78 is 2.00. The van der Waals surface area contributed by atoms with Crippen LogP contribution in [-0.4, -0.2) is 20.7 Å². The van der Waals surface area contributed by atoms with Gasteiger partial charge in [0.05, 0.1) is 12.2 Å². The number of amides is 1. The minimum Gasteiger partial charge on any atom is -0.349 e. The van der Waals surface area contributed by atoms with Crippen LogP contribution in [0.5, 0.6) is 0 Å². The maximum Gasteiger partial charge on any atom is 0.220 e. The van der Waals surface area contributed by atoms with Gasteiger partial charge in [-0.1, -0.05) is 67.0 Å². The molecule has 1 amide bonds. The van der Waals surface area contributed by atoms with Crippen molar-refractivity contribution in [2.45, 2.75) is 57.5 Å². The molecule has 3 aromatic rings. The maximum atomic E-state index is 12.1. The zero-order chi connectivity index (χ0) is 21.5. The van der Waals surface area contributed by atoms with E-state index >= 15 is 0 Å². The summed E-state index contributed by atoms with van der Waals surface area (Å²) in [6.07, 6.45) is 2.39. The standard InChI is InChI=1S/C23H27ClN4OS/c1-4-5-10-22(29)25-14-21-26-27-23(30-15-18-9-7-6-8-16(18)2)28(21)20-13-19(24)12-11-17(20)3/h6-9,11-13H,4-5,10,14-15H2,1-3H3,(H,25,29). The van der Waals surface area contributed by atoms with Crippen LogP contribution >= 0.6 is 23.4 Å². The second kappa shape index (κ2) is 10.6. The summed E-state index contributed by atoms with van der Waals surface area (Å²) in [5.41, 5.74) is 4.50. The van der Waals surface area contributed by atoms with E-state index in [0.717, 1.165) is 35.0 Å². The first kappa shape index (κ1) is 22.4. The van der Waals surface area contributed by atoms with Gasteiger partial charge in [0.2, 0.25) is 5.91 Å². The number of hydrogen-bond acceptors (Lipinski definition) is 4. The van der Waals surface area contributed by atoms with Crippen LogP contribution in [0.3, 0.4) is 0 Å². The van der Waals surface area contributed by atoms with E-state index in [-0.39, 0.29) is 5.91 Å². The lowest BCUT2D eigenvalue weighted by Crippen LogP contribution is -2.24. The molecule has 0 aliphatic heterocycles. The van der Waals surface area contributed by atoms with Crippen molar-refractivity contribution >= 4 is 29.3 Å². The molecule has 5 nitrogen and oxygen atoms in total. The van der Waals surface area contributed by atoms with Gasteiger partial charge in [-0.3, -0.25) is 9.36 Å². The molecule has 30 heavy (non-hydrogen) atoms. The highest BCUT2D eigenvalue weighted by molar-refractivity contribution is 7.98. The van der Waals surface area contributed by atoms with Crippen LogP contribution in [0.15, 0.2) is 47.6 Å². The van der Waals surface area contributed by atoms with Crippen molar-refractivity contribution in [3.8, 4) is 5.69 Å². The Morgan fingerprint density at radius 1 is 1.13 bits per heavy atom. The number of carbonyl (C=O) groups is 1. The molecule has 0 aliphatic rings. The summed E-state index contributed by atoms with van der Waals surface area (Å²) in [4.78, 5) is 12.1. The summed E-state index contributed by atoms with van der Waals surface area (Å²) in [7, 11) is 0. The molecule has 7 heteroatoms. The van der Waals surface area contributed by atoms with E-state index in [1.165, 1.54) is 11.1 Å². The van der Waals surface area contributed by atoms with Crippen molar-refractivity contribution in [1.82, 2.24) is 20.1 Å². The van der Waals surface area contributed by atoms with Crippen molar-refractivity contribution in [2.75, 3.05) is 0 Å². The third-order valence-corrected chi connectivity index (χ3v) is 6.14. The average Bonchev–Trinajstić information content (AvgIpc) is 3.14. The summed E-state index contributed by atoms with van der Waals surface area (Å²) in [6.45, 7) is 6.54. The Balaban J connectivity index is 1.88. The zero-order valence-corrected chi connectivity index (χ0v) is 19.2. The number of rotatable bonds is 9. The highest BCUT2D eigenvalue weighted by Gasteiger charge is 2.17. The highest BCUT2D eigenvalue weighted by atomic mass is 35.5. The van der Waals surface area contributed by atoms with Gasteiger partial charge < -0.3 is 5.32 Å². The lowest BCUT2D eigenvalue weighted by atomic mass is 10.1. The van der Waals surface area contributed by atoms with Crippen molar-refractivity contribution in [3.05, 3.63) is 70.0 Å². The lowest BCUT2D eigenvalue weighted by molar-refractivity contribution is -0.121. The number of carbonyl (C=O) groups excluding carboxylic acids is 1. The monoisotopic (exact) mass is 442 g/mol. The number of halogens is 1. The van der Waals surface area contributed by atoms with Gasteiger partial charge in [0.25, 0.3) is 0 Å². The van der Waals surface area contributed by atoms with Crippen LogP contribution in [0.4, 0.5) is 0 Å². The van der Waals surface area contributed by atoms with E-state index in [1.54, 1.807) is 11.8 Å². The summed E-state index contributed by atoms with van der Waals surface area (Å²) in [5, 5.41) is 13.2. The molecule has 0 saturated carbocycles. The van der Waals surface area contributed by atoms with Gasteiger partial charge in [-0.2, -0.15) is 0 Å². The Hall–Kier alpha value is -2.31. The molecule has 2 aromatic carbocycles. The first-order chi connectivity index (χ1) is 14.5. The molecule has 0 aliphatic carbocycles. The Bertz CT molecular complexity index is 1020. The fraction of sp³-hybridized carbons (Fsp3) is 0.348. The van der Waals surface area contributed by atoms with Crippen molar-refractivity contribution < 1.29 is 4.79 Å². The fourth-order valence-electron chi connectivity index (χ4n) is 3.09. The van der Waals surface area contributed by atoms with Gasteiger partial charge in [-0.25, -0.2) is 0 Å². The molecule has 0 unspecified atom stereocenters. The molecule has 3 rings (SSSR count). The van der Waals surface area contributed by atoms with Gasteiger partial charge in [-0.05, 0) is 49.1 Å². The molecule has 158 valence electrons. The Morgan fingerprint density at radius 2 is 1.93 bits per heavy atom. The summed E-state index contributed by atoms with van der Waals surface area (Å²) >= 11 is 7.91. The van der Waals surface area contributed by atoms with Crippen LogP contribution < -0.4 is 5.32 Å². The van der Waals surface area contributed by atoms with Crippen LogP contribution in [0.25, 0.3) is 5.69 Å². The number of nitrogens with zero attached hydrogens (tertiary/aromatic N) is 3. The van der Waals surface area contributed by atoms with E-state index in [2.05, 4.69) is 41.5 Å². The second-order valence-corrected chi connectivity index (χ2v) is 8.64. The summed E-state index contributed by atoms with van der Waals surface area (Å²) in [5.74, 6) is 1.51. The first-order valence-corrected chi connectivity index (χ1v) is 11.5. The average molecular weight is 443 g/mol. The number of unbranched alkanes of at least 4 members (excludes halogenated alkanes) is 1. The number of aromatic nitrogens is 3. The van der Waals surface area contributed by atoms with E-state index < -0.39 is 0 Å². The highest BCUT2D eigenvalue weighted by Crippen LogP contribution is 2.29. The summed E-state index contributed by atoms with van der Waals surface area (Å²) in [6, 6.07) is 14.1. The number of thioether (sulfide) groups is 1. The molecule has 1 heterocycles. The minimum absolute atomic E-state index is 0.0309. The molecule has 0 bridgehead atoms. The SMILES string of the molecule is CCCCC(=O)NCc1nnc(SCc2ccccc2C)n1-c1cc(Cl)ccc1C. The van der Waals surface area contributed by atoms with E-state index in [1.807, 2.05) is 41.8 Å². The van der Waals surface area contributed by atoms with Crippen LogP contribution in [0.1, 0.15) is 48.7 Å². The molecule has 0 fully saturated rings. The van der Waals surface area contributed by atoms with Gasteiger partial charge in [-0.15, -0.1) is 10.2 Å². The normalized spacial score (nSPS) is 10.9. The minimum atomic E-state index is 0.0309. The predicted octanol–water partition coefficient (Wildman–Crippen LogP) is 5.64. The number of nitrogens with one attached hydrogen (secondary N) is 1. The van der Waals surface area contributed by atoms with E-state index in [0.29, 0.717) is 23.8 Å². The largest absolute Gasteiger partial charge is 0.349 e. The second-order valence-electron chi connectivity index (χ2n) is 7.26. The number of hydrogen-bond donors (Lipinski definition) is 1. The van der Waals surface area contributed by atoms with Crippen molar-refractivity contribution in [3.63, 3.8) is 0 Å². The van der Waals surface area contributed by atoms with Crippen LogP contribution in [0.2, 0.25) is 5.02 Å². The quantitative estimate of drug-likeness (QED) is 0.436. The number of aryl methyl sites for hydroxylation is 2. The molecule has 0 saturated heterocycles. The molecule has 1 aromatic heterocycles. The first-order valence-electron chi connectivity index (χ1n) is 10.1. The lowest BCUT2D eigenvalue weighted by Gasteiger charge is -2.14. The van der Waals surface area contributed by atoms with Gasteiger partial charge in [0, 0.05) is 17.2 Å². The zero-order valence-electron chi connectivity index (χ0n) is 17.6. The molecule has 0 spiro atoms. The number of benzene rings is 2. The van der Waals surface area contributed by atoms with E-state index in [4.69, 9.17) is 11.6 Å². The molecule has 1 N–H and O–H groups in total. The third-order valence-electron chi connectivity index (χ3n) is 4.93. The Morgan fingerprint density at radius 3 is 2.70 bits per heavy atom. The Kier molecular flexibility index (Phi) is 7.94. The van der Waals surface area contributed by atoms with Gasteiger partial charge in [0.15, 0.2) is 11.0 Å². The molecular formula is C23H27ClN4OS. The maximum absolute atomic E-state index is 12.1. The van der Waals surface area contributed by atoms with E-state index in [9.17, 15) is 4.79 Å². The van der Waals surface area contributed by atoms with Crippen LogP contribution in [-0.2, 0) is 17.1 Å².